The summed E-state index contributed by atoms with van der Waals surface area (Å²) < 4.78 is 34.2. The van der Waals surface area contributed by atoms with Crippen molar-refractivity contribution in [2.45, 2.75) is 51.4 Å². The highest BCUT2D eigenvalue weighted by molar-refractivity contribution is 6.08. The molecule has 2 aromatic rings. The summed E-state index contributed by atoms with van der Waals surface area (Å²) in [5.41, 5.74) is 3.32. The van der Waals surface area contributed by atoms with Crippen molar-refractivity contribution >= 4 is 11.7 Å². The van der Waals surface area contributed by atoms with Crippen molar-refractivity contribution in [1.82, 2.24) is 0 Å². The fraction of sp³-hybridized carbons (Fsp3) is 0.533. The minimum atomic E-state index is -0.568. The summed E-state index contributed by atoms with van der Waals surface area (Å²) >= 11 is 0. The zero-order valence-electron chi connectivity index (χ0n) is 23.1. The van der Waals surface area contributed by atoms with Crippen LogP contribution in [0, 0.1) is 11.8 Å². The largest absolute Gasteiger partial charge is 0.493 e. The third kappa shape index (κ3) is 5.18. The Morgan fingerprint density at radius 3 is 2.31 bits per heavy atom. The number of carbonyl (C=O) groups excluding carboxylic acids is 1. The van der Waals surface area contributed by atoms with E-state index in [2.05, 4.69) is 12.1 Å². The van der Waals surface area contributed by atoms with E-state index in [1.54, 1.807) is 21.3 Å². The Balaban J connectivity index is 1.54. The number of esters is 1. The second kappa shape index (κ2) is 12.1. The van der Waals surface area contributed by atoms with Crippen LogP contribution in [0.5, 0.6) is 28.7 Å². The number of hydrogen-bond acceptors (Lipinski definition) is 9. The molecule has 9 heteroatoms. The van der Waals surface area contributed by atoms with E-state index in [0.29, 0.717) is 42.0 Å². The number of hydrogen-bond donors (Lipinski definition) is 0. The molecule has 5 rings (SSSR count). The highest BCUT2D eigenvalue weighted by atomic mass is 16.7. The molecule has 0 saturated heterocycles. The van der Waals surface area contributed by atoms with Crippen molar-refractivity contribution < 1.29 is 38.1 Å². The lowest BCUT2D eigenvalue weighted by Gasteiger charge is -2.36. The van der Waals surface area contributed by atoms with Crippen LogP contribution in [0.1, 0.15) is 68.1 Å². The van der Waals surface area contributed by atoms with Crippen molar-refractivity contribution in [1.29, 1.82) is 0 Å². The lowest BCUT2D eigenvalue weighted by molar-refractivity contribution is -0.150. The molecule has 0 N–H and O–H groups in total. The Hall–Kier alpha value is -3.62. The van der Waals surface area contributed by atoms with Gasteiger partial charge in [-0.25, -0.2) is 0 Å². The molecule has 210 valence electrons. The van der Waals surface area contributed by atoms with E-state index >= 15 is 0 Å². The fourth-order valence-electron chi connectivity index (χ4n) is 5.84. The molecule has 9 nitrogen and oxygen atoms in total. The van der Waals surface area contributed by atoms with E-state index < -0.39 is 11.8 Å². The van der Waals surface area contributed by atoms with Crippen LogP contribution in [0.2, 0.25) is 0 Å². The Labute approximate surface area is 229 Å². The van der Waals surface area contributed by atoms with Gasteiger partial charge in [-0.2, -0.15) is 0 Å². The van der Waals surface area contributed by atoms with E-state index in [4.69, 9.17) is 33.3 Å². The number of unbranched alkanes of at least 4 members (excludes halogenated alkanes) is 5. The maximum atomic E-state index is 13.9. The van der Waals surface area contributed by atoms with Gasteiger partial charge in [0.25, 0.3) is 0 Å². The number of rotatable bonds is 12. The summed E-state index contributed by atoms with van der Waals surface area (Å²) in [4.78, 5) is 19.4. The van der Waals surface area contributed by atoms with Crippen molar-refractivity contribution in [3.05, 3.63) is 41.0 Å². The van der Waals surface area contributed by atoms with Crippen LogP contribution in [0.25, 0.3) is 0 Å². The molecule has 0 unspecified atom stereocenters. The van der Waals surface area contributed by atoms with Gasteiger partial charge in [0.1, 0.15) is 6.61 Å². The smallest absolute Gasteiger partial charge is 0.310 e. The molecule has 0 amide bonds. The minimum Gasteiger partial charge on any atom is -0.493 e. The summed E-state index contributed by atoms with van der Waals surface area (Å²) in [6.07, 6.45) is 6.68. The van der Waals surface area contributed by atoms with Crippen molar-refractivity contribution in [3.8, 4) is 28.7 Å². The third-order valence-corrected chi connectivity index (χ3v) is 7.78. The standard InChI is InChI=1S/C30H37NO8/c1-5-6-7-8-9-10-11-36-30(32)27-21-16-39-31-28(21)20-15-23-22(37-17-38-23)14-19(20)26(27)18-12-24(33-2)29(35-4)25(13-18)34-3/h12-15,21,26-27H,5-11,16-17H2,1-4H3/t21-,26+,27-/m0/s1. The van der Waals surface area contributed by atoms with Crippen molar-refractivity contribution in [2.75, 3.05) is 41.3 Å². The topological polar surface area (TPSA) is 94.0 Å². The molecule has 39 heavy (non-hydrogen) atoms. The first-order valence-electron chi connectivity index (χ1n) is 13.7. The highest BCUT2D eigenvalue weighted by Crippen LogP contribution is 2.52. The average Bonchev–Trinajstić information content (AvgIpc) is 3.63. The summed E-state index contributed by atoms with van der Waals surface area (Å²) in [6, 6.07) is 7.66. The van der Waals surface area contributed by atoms with Crippen LogP contribution in [0.15, 0.2) is 29.4 Å². The van der Waals surface area contributed by atoms with Crippen LogP contribution >= 0.6 is 0 Å². The lowest BCUT2D eigenvalue weighted by atomic mass is 9.65. The van der Waals surface area contributed by atoms with Crippen molar-refractivity contribution in [3.63, 3.8) is 0 Å². The summed E-state index contributed by atoms with van der Waals surface area (Å²) in [5.74, 6) is 1.27. The number of fused-ring (bicyclic) bond motifs is 4. The zero-order chi connectivity index (χ0) is 27.4. The number of benzene rings is 2. The maximum absolute atomic E-state index is 13.9. The molecule has 3 aliphatic rings. The lowest BCUT2D eigenvalue weighted by Crippen LogP contribution is -2.41. The molecule has 0 saturated carbocycles. The van der Waals surface area contributed by atoms with Crippen LogP contribution in [0.4, 0.5) is 0 Å². The van der Waals surface area contributed by atoms with Gasteiger partial charge in [-0.05, 0) is 41.8 Å². The van der Waals surface area contributed by atoms with Gasteiger partial charge >= 0.3 is 5.97 Å². The summed E-state index contributed by atoms with van der Waals surface area (Å²) in [5, 5.41) is 4.36. The van der Waals surface area contributed by atoms with E-state index in [1.165, 1.54) is 19.3 Å². The van der Waals surface area contributed by atoms with Crippen LogP contribution < -0.4 is 23.7 Å². The second-order valence-corrected chi connectivity index (χ2v) is 10.1. The minimum absolute atomic E-state index is 0.142. The Kier molecular flexibility index (Phi) is 8.33. The van der Waals surface area contributed by atoms with Gasteiger partial charge in [-0.3, -0.25) is 4.79 Å². The maximum Gasteiger partial charge on any atom is 0.310 e. The quantitative estimate of drug-likeness (QED) is 0.259. The van der Waals surface area contributed by atoms with Crippen LogP contribution in [-0.4, -0.2) is 53.0 Å². The van der Waals surface area contributed by atoms with Gasteiger partial charge < -0.3 is 33.3 Å². The number of ether oxygens (including phenoxy) is 6. The predicted octanol–water partition coefficient (Wildman–Crippen LogP) is 5.46. The molecule has 2 aliphatic heterocycles. The highest BCUT2D eigenvalue weighted by Gasteiger charge is 2.50. The molecule has 3 atom stereocenters. The molecular weight excluding hydrogens is 502 g/mol. The first-order valence-corrected chi connectivity index (χ1v) is 13.7. The van der Waals surface area contributed by atoms with Gasteiger partial charge in [0.05, 0.1) is 45.5 Å². The second-order valence-electron chi connectivity index (χ2n) is 10.1. The third-order valence-electron chi connectivity index (χ3n) is 7.78. The van der Waals surface area contributed by atoms with Gasteiger partial charge in [-0.15, -0.1) is 0 Å². The van der Waals surface area contributed by atoms with E-state index in [0.717, 1.165) is 41.7 Å². The van der Waals surface area contributed by atoms with Gasteiger partial charge in [0, 0.05) is 11.5 Å². The summed E-state index contributed by atoms with van der Waals surface area (Å²) in [7, 11) is 4.73. The monoisotopic (exact) mass is 539 g/mol. The fourth-order valence-corrected chi connectivity index (χ4v) is 5.84. The molecule has 0 radical (unpaired) electrons. The molecule has 2 heterocycles. The van der Waals surface area contributed by atoms with E-state index in [1.807, 2.05) is 24.3 Å². The number of methoxy groups -OCH3 is 3. The molecule has 0 spiro atoms. The molecule has 0 bridgehead atoms. The average molecular weight is 540 g/mol. The Morgan fingerprint density at radius 1 is 0.923 bits per heavy atom. The number of oxime groups is 1. The van der Waals surface area contributed by atoms with Gasteiger partial charge in [0.2, 0.25) is 12.5 Å². The zero-order valence-corrected chi connectivity index (χ0v) is 23.1. The molecule has 0 fully saturated rings. The Morgan fingerprint density at radius 2 is 1.62 bits per heavy atom. The number of nitrogens with zero attached hydrogens (tertiary/aromatic N) is 1. The molecule has 2 aromatic carbocycles. The molecule has 0 aromatic heterocycles. The number of carbonyl (C=O) groups is 1. The SMILES string of the molecule is CCCCCCCCOC(=O)[C@@H]1[C@H](c2cc(OC)c(OC)c(OC)c2)c2cc3c(cc2C2=NOC[C@H]21)OCO3. The normalized spacial score (nSPS) is 20.4. The summed E-state index contributed by atoms with van der Waals surface area (Å²) in [6.45, 7) is 3.02. The van der Waals surface area contributed by atoms with E-state index in [-0.39, 0.29) is 18.7 Å². The molecule has 1 aliphatic carbocycles. The first-order chi connectivity index (χ1) is 19.1. The van der Waals surface area contributed by atoms with E-state index in [9.17, 15) is 4.79 Å². The van der Waals surface area contributed by atoms with Crippen molar-refractivity contribution in [2.24, 2.45) is 17.0 Å². The van der Waals surface area contributed by atoms with Crippen LogP contribution in [0.3, 0.4) is 0 Å². The van der Waals surface area contributed by atoms with Gasteiger partial charge in [-0.1, -0.05) is 44.2 Å². The van der Waals surface area contributed by atoms with Gasteiger partial charge in [0.15, 0.2) is 23.0 Å². The first kappa shape index (κ1) is 27.0. The Bertz CT molecular complexity index is 1200. The van der Waals surface area contributed by atoms with Crippen LogP contribution in [-0.2, 0) is 14.4 Å². The predicted molar refractivity (Wildman–Crippen MR) is 144 cm³/mol. The molecular formula is C30H37NO8.